The van der Waals surface area contributed by atoms with Crippen LogP contribution in [-0.2, 0) is 4.79 Å². The quantitative estimate of drug-likeness (QED) is 0.552. The minimum absolute atomic E-state index is 0.278. The van der Waals surface area contributed by atoms with Gasteiger partial charge in [-0.1, -0.05) is 23.8 Å². The highest BCUT2D eigenvalue weighted by molar-refractivity contribution is 5.77. The van der Waals surface area contributed by atoms with E-state index in [1.165, 1.54) is 5.57 Å². The molecule has 0 spiro atoms. The van der Waals surface area contributed by atoms with Crippen molar-refractivity contribution in [2.24, 2.45) is 5.92 Å². The standard InChI is InChI=1S/C11H15NO/c1-8-3-4-9-5-6-11(13)12(2)10(9)7-8/h3-4,7,9-10H,5-6H2,1-2H3. The number of allylic oxidation sites excluding steroid dienone is 2. The summed E-state index contributed by atoms with van der Waals surface area (Å²) in [5.74, 6) is 0.826. The van der Waals surface area contributed by atoms with Crippen molar-refractivity contribution >= 4 is 5.91 Å². The van der Waals surface area contributed by atoms with Gasteiger partial charge in [-0.05, 0) is 13.3 Å². The topological polar surface area (TPSA) is 20.3 Å². The van der Waals surface area contributed by atoms with Gasteiger partial charge in [0.25, 0.3) is 0 Å². The van der Waals surface area contributed by atoms with Crippen LogP contribution in [-0.4, -0.2) is 23.9 Å². The number of carbonyl (C=O) groups is 1. The SMILES string of the molecule is CC1=CC2C(C=C1)CCC(=O)N2C. The van der Waals surface area contributed by atoms with Crippen LogP contribution in [0.15, 0.2) is 23.8 Å². The minimum atomic E-state index is 0.278. The van der Waals surface area contributed by atoms with Crippen molar-refractivity contribution in [3.8, 4) is 0 Å². The first kappa shape index (κ1) is 8.54. The molecule has 2 aliphatic rings. The Kier molecular flexibility index (Phi) is 1.98. The van der Waals surface area contributed by atoms with Crippen molar-refractivity contribution in [3.63, 3.8) is 0 Å². The van der Waals surface area contributed by atoms with Gasteiger partial charge in [0.1, 0.15) is 0 Å². The molecule has 2 nitrogen and oxygen atoms in total. The maximum absolute atomic E-state index is 11.4. The molecule has 0 bridgehead atoms. The lowest BCUT2D eigenvalue weighted by atomic mass is 9.84. The Labute approximate surface area is 78.9 Å². The van der Waals surface area contributed by atoms with E-state index in [-0.39, 0.29) is 5.91 Å². The zero-order valence-electron chi connectivity index (χ0n) is 8.16. The van der Waals surface area contributed by atoms with Crippen LogP contribution in [0.4, 0.5) is 0 Å². The average molecular weight is 177 g/mol. The molecule has 2 rings (SSSR count). The van der Waals surface area contributed by atoms with Gasteiger partial charge < -0.3 is 4.90 Å². The van der Waals surface area contributed by atoms with Crippen molar-refractivity contribution in [3.05, 3.63) is 23.8 Å². The Hall–Kier alpha value is -1.05. The molecule has 2 unspecified atom stereocenters. The van der Waals surface area contributed by atoms with Crippen LogP contribution >= 0.6 is 0 Å². The van der Waals surface area contributed by atoms with Crippen LogP contribution in [0.3, 0.4) is 0 Å². The minimum Gasteiger partial charge on any atom is -0.339 e. The normalized spacial score (nSPS) is 32.9. The fraction of sp³-hybridized carbons (Fsp3) is 0.545. The number of fused-ring (bicyclic) bond motifs is 1. The maximum Gasteiger partial charge on any atom is 0.222 e. The smallest absolute Gasteiger partial charge is 0.222 e. The molecular formula is C11H15NO. The predicted octanol–water partition coefficient (Wildman–Crippen LogP) is 1.74. The molecule has 0 saturated carbocycles. The van der Waals surface area contributed by atoms with Crippen LogP contribution in [0.5, 0.6) is 0 Å². The van der Waals surface area contributed by atoms with Gasteiger partial charge in [0.2, 0.25) is 5.91 Å². The first-order valence-corrected chi connectivity index (χ1v) is 4.81. The van der Waals surface area contributed by atoms with Crippen molar-refractivity contribution in [2.75, 3.05) is 7.05 Å². The lowest BCUT2D eigenvalue weighted by molar-refractivity contribution is -0.134. The number of hydrogen-bond donors (Lipinski definition) is 0. The molecular weight excluding hydrogens is 162 g/mol. The summed E-state index contributed by atoms with van der Waals surface area (Å²) >= 11 is 0. The molecule has 0 aromatic carbocycles. The van der Waals surface area contributed by atoms with E-state index in [1.807, 2.05) is 11.9 Å². The highest BCUT2D eigenvalue weighted by atomic mass is 16.2. The van der Waals surface area contributed by atoms with E-state index in [2.05, 4.69) is 25.2 Å². The van der Waals surface area contributed by atoms with Gasteiger partial charge in [0.15, 0.2) is 0 Å². The largest absolute Gasteiger partial charge is 0.339 e. The van der Waals surface area contributed by atoms with Crippen LogP contribution in [0, 0.1) is 5.92 Å². The molecule has 1 saturated heterocycles. The average Bonchev–Trinajstić information content (AvgIpc) is 2.12. The van der Waals surface area contributed by atoms with Crippen molar-refractivity contribution in [1.82, 2.24) is 4.90 Å². The van der Waals surface area contributed by atoms with Gasteiger partial charge >= 0.3 is 0 Å². The molecule has 1 fully saturated rings. The summed E-state index contributed by atoms with van der Waals surface area (Å²) in [6.07, 6.45) is 8.30. The Bertz CT molecular complexity index is 288. The number of carbonyl (C=O) groups excluding carboxylic acids is 1. The summed E-state index contributed by atoms with van der Waals surface area (Å²) in [5.41, 5.74) is 1.27. The van der Waals surface area contributed by atoms with Gasteiger partial charge in [-0.3, -0.25) is 4.79 Å². The first-order chi connectivity index (χ1) is 6.18. The Balaban J connectivity index is 2.24. The lowest BCUT2D eigenvalue weighted by Gasteiger charge is -2.37. The summed E-state index contributed by atoms with van der Waals surface area (Å²) in [5, 5.41) is 0. The molecule has 70 valence electrons. The molecule has 2 heteroatoms. The Morgan fingerprint density at radius 1 is 1.54 bits per heavy atom. The van der Waals surface area contributed by atoms with Gasteiger partial charge in [-0.2, -0.15) is 0 Å². The number of piperidine rings is 1. The number of hydrogen-bond acceptors (Lipinski definition) is 1. The second-order valence-electron chi connectivity index (χ2n) is 3.97. The number of amides is 1. The lowest BCUT2D eigenvalue weighted by Crippen LogP contribution is -2.45. The van der Waals surface area contributed by atoms with Gasteiger partial charge in [0.05, 0.1) is 6.04 Å². The van der Waals surface area contributed by atoms with Crippen LogP contribution < -0.4 is 0 Å². The predicted molar refractivity (Wildman–Crippen MR) is 52.2 cm³/mol. The molecule has 1 heterocycles. The molecule has 2 atom stereocenters. The van der Waals surface area contributed by atoms with Gasteiger partial charge in [-0.25, -0.2) is 0 Å². The summed E-state index contributed by atoms with van der Waals surface area (Å²) in [6, 6.07) is 0.311. The molecule has 0 radical (unpaired) electrons. The maximum atomic E-state index is 11.4. The molecule has 1 amide bonds. The van der Waals surface area contributed by atoms with E-state index >= 15 is 0 Å². The molecule has 1 aliphatic heterocycles. The zero-order valence-corrected chi connectivity index (χ0v) is 8.16. The molecule has 13 heavy (non-hydrogen) atoms. The van der Waals surface area contributed by atoms with Crippen molar-refractivity contribution < 1.29 is 4.79 Å². The number of rotatable bonds is 0. The van der Waals surface area contributed by atoms with E-state index in [1.54, 1.807) is 0 Å². The fourth-order valence-corrected chi connectivity index (χ4v) is 2.14. The Morgan fingerprint density at radius 2 is 2.31 bits per heavy atom. The van der Waals surface area contributed by atoms with Gasteiger partial charge in [-0.15, -0.1) is 0 Å². The van der Waals surface area contributed by atoms with Crippen molar-refractivity contribution in [1.29, 1.82) is 0 Å². The summed E-state index contributed by atoms with van der Waals surface area (Å²) < 4.78 is 0. The van der Waals surface area contributed by atoms with Crippen LogP contribution in [0.1, 0.15) is 19.8 Å². The van der Waals surface area contributed by atoms with E-state index < -0.39 is 0 Å². The summed E-state index contributed by atoms with van der Waals surface area (Å²) in [6.45, 7) is 2.08. The zero-order chi connectivity index (χ0) is 9.42. The number of likely N-dealkylation sites (tertiary alicyclic amines) is 1. The first-order valence-electron chi connectivity index (χ1n) is 4.81. The summed E-state index contributed by atoms with van der Waals surface area (Å²) in [7, 11) is 1.90. The van der Waals surface area contributed by atoms with E-state index in [4.69, 9.17) is 0 Å². The molecule has 0 N–H and O–H groups in total. The monoisotopic (exact) mass is 177 g/mol. The molecule has 0 aromatic rings. The third-order valence-electron chi connectivity index (χ3n) is 3.01. The van der Waals surface area contributed by atoms with Crippen LogP contribution in [0.25, 0.3) is 0 Å². The summed E-state index contributed by atoms with van der Waals surface area (Å²) in [4.78, 5) is 13.3. The van der Waals surface area contributed by atoms with E-state index in [9.17, 15) is 4.79 Å². The highest BCUT2D eigenvalue weighted by Gasteiger charge is 2.31. The molecule has 0 aromatic heterocycles. The second-order valence-corrected chi connectivity index (χ2v) is 3.97. The fourth-order valence-electron chi connectivity index (χ4n) is 2.14. The highest BCUT2D eigenvalue weighted by Crippen LogP contribution is 2.29. The van der Waals surface area contributed by atoms with Gasteiger partial charge in [0, 0.05) is 19.4 Å². The third kappa shape index (κ3) is 1.41. The van der Waals surface area contributed by atoms with E-state index in [0.717, 1.165) is 6.42 Å². The number of likely N-dealkylation sites (N-methyl/N-ethyl adjacent to an activating group) is 1. The second kappa shape index (κ2) is 3.02. The van der Waals surface area contributed by atoms with Crippen LogP contribution in [0.2, 0.25) is 0 Å². The van der Waals surface area contributed by atoms with E-state index in [0.29, 0.717) is 18.4 Å². The molecule has 1 aliphatic carbocycles. The Morgan fingerprint density at radius 3 is 3.08 bits per heavy atom. The third-order valence-corrected chi connectivity index (χ3v) is 3.01. The number of nitrogens with zero attached hydrogens (tertiary/aromatic N) is 1. The van der Waals surface area contributed by atoms with Crippen molar-refractivity contribution in [2.45, 2.75) is 25.8 Å².